The van der Waals surface area contributed by atoms with E-state index in [2.05, 4.69) is 67.7 Å². The van der Waals surface area contributed by atoms with Crippen LogP contribution >= 0.6 is 7.82 Å². The van der Waals surface area contributed by atoms with Gasteiger partial charge in [-0.3, -0.25) is 14.2 Å². The van der Waals surface area contributed by atoms with Crippen LogP contribution in [0.25, 0.3) is 0 Å². The van der Waals surface area contributed by atoms with Crippen LogP contribution in [0.15, 0.2) is 72.9 Å². The second-order valence-corrected chi connectivity index (χ2v) is 16.8. The topological polar surface area (TPSA) is 122 Å². The molecule has 57 heavy (non-hydrogen) atoms. The maximum Gasteiger partial charge on any atom is 0.305 e. The van der Waals surface area contributed by atoms with Gasteiger partial charge in [-0.25, -0.2) is 0 Å². The number of allylic oxidation sites excluding steroid dienone is 12. The molecule has 0 aliphatic carbocycles. The lowest BCUT2D eigenvalue weighted by Crippen LogP contribution is -2.37. The number of carbonyl (C=O) groups is 2. The monoisotopic (exact) mass is 823 g/mol. The molecule has 0 rings (SSSR count). The fourth-order valence-electron chi connectivity index (χ4n) is 5.69. The van der Waals surface area contributed by atoms with Crippen molar-refractivity contribution in [1.29, 1.82) is 0 Å². The molecule has 0 fully saturated rings. The summed E-state index contributed by atoms with van der Waals surface area (Å²) in [5.74, 6) is -1.40. The van der Waals surface area contributed by atoms with Gasteiger partial charge in [-0.05, 0) is 64.2 Å². The number of esters is 1. The lowest BCUT2D eigenvalue weighted by Gasteiger charge is -2.28. The number of nitrogens with zero attached hydrogens (tertiary/aromatic N) is 1. The van der Waals surface area contributed by atoms with Crippen LogP contribution in [0.5, 0.6) is 0 Å². The number of aliphatic carboxylic acids is 1. The van der Waals surface area contributed by atoms with E-state index < -0.39 is 25.3 Å². The number of carboxylic acids is 1. The van der Waals surface area contributed by atoms with Crippen molar-refractivity contribution in [3.05, 3.63) is 72.9 Å². The van der Waals surface area contributed by atoms with E-state index in [1.807, 2.05) is 12.2 Å². The number of unbranched alkanes of at least 4 members (excludes halogenated alkanes) is 13. The van der Waals surface area contributed by atoms with Crippen LogP contribution in [0.4, 0.5) is 0 Å². The molecular weight excluding hydrogens is 737 g/mol. The highest BCUT2D eigenvalue weighted by atomic mass is 31.2. The summed E-state index contributed by atoms with van der Waals surface area (Å²) in [6.07, 6.45) is 48.5. The van der Waals surface area contributed by atoms with Crippen molar-refractivity contribution in [2.75, 3.05) is 47.4 Å². The molecule has 0 bridgehead atoms. The van der Waals surface area contributed by atoms with Crippen LogP contribution in [0.1, 0.15) is 165 Å². The Morgan fingerprint density at radius 2 is 1.11 bits per heavy atom. The van der Waals surface area contributed by atoms with Crippen molar-refractivity contribution >= 4 is 19.8 Å². The van der Waals surface area contributed by atoms with Crippen molar-refractivity contribution in [2.24, 2.45) is 5.92 Å². The molecule has 10 heteroatoms. The third-order valence-electron chi connectivity index (χ3n) is 9.20. The Balaban J connectivity index is 4.58. The van der Waals surface area contributed by atoms with Gasteiger partial charge in [0.25, 0.3) is 7.82 Å². The Morgan fingerprint density at radius 3 is 1.58 bits per heavy atom. The predicted octanol–water partition coefficient (Wildman–Crippen LogP) is 12.2. The zero-order valence-corrected chi connectivity index (χ0v) is 36.9. The highest BCUT2D eigenvalue weighted by molar-refractivity contribution is 7.45. The lowest BCUT2D eigenvalue weighted by atomic mass is 10.0. The van der Waals surface area contributed by atoms with Gasteiger partial charge >= 0.3 is 11.9 Å². The molecule has 0 heterocycles. The van der Waals surface area contributed by atoms with Gasteiger partial charge in [0.05, 0.1) is 38.4 Å². The van der Waals surface area contributed by atoms with E-state index in [-0.39, 0.29) is 44.7 Å². The maximum atomic E-state index is 12.5. The molecule has 2 unspecified atom stereocenters. The molecule has 0 aromatic rings. The first-order chi connectivity index (χ1) is 28.7. The number of rotatable bonds is 40. The molecule has 0 aromatic heterocycles. The molecule has 328 valence electrons. The first-order valence-corrected chi connectivity index (χ1v) is 23.4. The summed E-state index contributed by atoms with van der Waals surface area (Å²) in [7, 11) is -1.73. The first-order valence-electron chi connectivity index (χ1n) is 23.4. The van der Waals surface area contributed by atoms with Gasteiger partial charge < -0.3 is 28.3 Å². The summed E-state index contributed by atoms with van der Waals surface area (Å²) in [5.41, 5.74) is 0. The van der Waals surface area contributed by atoms with E-state index in [1.54, 1.807) is 0 Å². The van der Waals surface area contributed by atoms with Crippen LogP contribution in [-0.4, -0.2) is 69.0 Å². The maximum absolute atomic E-state index is 12.5. The number of ether oxygens (including phenoxy) is 1. The predicted molar refractivity (Wildman–Crippen MR) is 236 cm³/mol. The minimum absolute atomic E-state index is 0.0427. The number of phosphoric acid groups is 1. The molecular formula is C47H82NO8P. The average molecular weight is 823 g/mol. The van der Waals surface area contributed by atoms with Crippen LogP contribution in [-0.2, 0) is 27.9 Å². The number of carboxylic acid groups (broad SMARTS) is 1. The summed E-state index contributed by atoms with van der Waals surface area (Å²) in [6, 6.07) is 0. The molecule has 9 nitrogen and oxygen atoms in total. The average Bonchev–Trinajstić information content (AvgIpc) is 3.18. The number of hydrogen-bond acceptors (Lipinski definition) is 7. The standard InChI is InChI=1S/C47H82NO8P/c1-5-6-7-8-9-10-11-20-25-28-31-34-37-40-47(51)54-43-45(44-56-57(52,53)55-42-41-48(2,3)4)38-35-32-29-26-23-21-18-16-14-12-13-15-17-19-22-24-27-30-33-36-39-46(49)50/h13-16,19,21-23,27,29-30,32,45H,5-12,17-18,20,24-26,28,31,33-44H2,1-4H3,(H-,49,50,52,53)/b15-13-,16-14-,22-19-,23-21-,30-27-,32-29-/i2D3. The highest BCUT2D eigenvalue weighted by Crippen LogP contribution is 2.39. The van der Waals surface area contributed by atoms with Crippen LogP contribution in [0.2, 0.25) is 0 Å². The number of carbonyl (C=O) groups excluding carboxylic acids is 1. The van der Waals surface area contributed by atoms with Gasteiger partial charge in [-0.15, -0.1) is 0 Å². The van der Waals surface area contributed by atoms with Gasteiger partial charge in [0.15, 0.2) is 0 Å². The van der Waals surface area contributed by atoms with E-state index in [9.17, 15) is 19.0 Å². The molecule has 0 radical (unpaired) electrons. The second-order valence-electron chi connectivity index (χ2n) is 15.4. The van der Waals surface area contributed by atoms with Crippen molar-refractivity contribution in [1.82, 2.24) is 0 Å². The number of quaternary nitrogens is 1. The van der Waals surface area contributed by atoms with Crippen molar-refractivity contribution < 1.29 is 46.5 Å². The van der Waals surface area contributed by atoms with Gasteiger partial charge in [0, 0.05) is 18.8 Å². The van der Waals surface area contributed by atoms with Crippen molar-refractivity contribution in [3.63, 3.8) is 0 Å². The summed E-state index contributed by atoms with van der Waals surface area (Å²) >= 11 is 0. The molecule has 0 amide bonds. The highest BCUT2D eigenvalue weighted by Gasteiger charge is 2.18. The number of likely N-dealkylation sites (N-methyl/N-ethyl adjacent to an activating group) is 1. The van der Waals surface area contributed by atoms with Crippen molar-refractivity contribution in [2.45, 2.75) is 161 Å². The van der Waals surface area contributed by atoms with Gasteiger partial charge in [0.1, 0.15) is 13.2 Å². The zero-order chi connectivity index (χ0) is 44.6. The van der Waals surface area contributed by atoms with Gasteiger partial charge in [-0.2, -0.15) is 0 Å². The molecule has 0 saturated heterocycles. The zero-order valence-electron chi connectivity index (χ0n) is 39.0. The molecule has 1 N–H and O–H groups in total. The van der Waals surface area contributed by atoms with E-state index in [0.29, 0.717) is 25.7 Å². The van der Waals surface area contributed by atoms with E-state index in [1.165, 1.54) is 78.3 Å². The molecule has 0 spiro atoms. The fraction of sp³-hybridized carbons (Fsp3) is 0.702. The summed E-state index contributed by atoms with van der Waals surface area (Å²) in [4.78, 5) is 35.6. The summed E-state index contributed by atoms with van der Waals surface area (Å²) in [5, 5.41) is 8.64. The lowest BCUT2D eigenvalue weighted by molar-refractivity contribution is -0.870. The Morgan fingerprint density at radius 1 is 0.649 bits per heavy atom. The number of phosphoric ester groups is 1. The van der Waals surface area contributed by atoms with Crippen molar-refractivity contribution in [3.8, 4) is 0 Å². The minimum Gasteiger partial charge on any atom is -0.756 e. The molecule has 0 aliphatic rings. The van der Waals surface area contributed by atoms with E-state index in [0.717, 1.165) is 57.8 Å². The third kappa shape index (κ3) is 44.4. The largest absolute Gasteiger partial charge is 0.756 e. The Kier molecular flexibility index (Phi) is 33.3. The Labute approximate surface area is 352 Å². The molecule has 0 saturated carbocycles. The van der Waals surface area contributed by atoms with Crippen LogP contribution in [0.3, 0.4) is 0 Å². The summed E-state index contributed by atoms with van der Waals surface area (Å²) in [6.45, 7) is -0.597. The van der Waals surface area contributed by atoms with Crippen LogP contribution < -0.4 is 4.89 Å². The van der Waals surface area contributed by atoms with Crippen LogP contribution in [0, 0.1) is 5.92 Å². The SMILES string of the molecule is [2H]C([2H])([2H])[N+](C)(C)CCOP(=O)([O-])OCC(CC/C=C\C/C=C\C/C=C\C/C=C\C/C=C\C/C=C\CCCC(=O)O)COC(=O)CCCCCCCCCCCCCCC. The fourth-order valence-corrected chi connectivity index (χ4v) is 6.47. The van der Waals surface area contributed by atoms with Gasteiger partial charge in [-0.1, -0.05) is 157 Å². The smallest absolute Gasteiger partial charge is 0.305 e. The Bertz CT molecular complexity index is 1310. The second kappa shape index (κ2) is 38.9. The first kappa shape index (κ1) is 48.8. The molecule has 2 atom stereocenters. The van der Waals surface area contributed by atoms with E-state index in [4.69, 9.17) is 23.0 Å². The number of hydrogen-bond donors (Lipinski definition) is 1. The molecule has 0 aliphatic heterocycles. The molecule has 0 aromatic carbocycles. The summed E-state index contributed by atoms with van der Waals surface area (Å²) < 4.78 is 50.7. The minimum atomic E-state index is -4.70. The van der Waals surface area contributed by atoms with Gasteiger partial charge in [0.2, 0.25) is 0 Å². The van der Waals surface area contributed by atoms with E-state index >= 15 is 0 Å². The quantitative estimate of drug-likeness (QED) is 0.0213. The normalized spacial score (nSPS) is 15.3. The third-order valence-corrected chi connectivity index (χ3v) is 10.2. The Hall–Kier alpha value is -2.55.